The third-order valence-corrected chi connectivity index (χ3v) is 4.75. The number of nitrogens with two attached hydrogens (primary N) is 1. The number of aromatic nitrogens is 1. The summed E-state index contributed by atoms with van der Waals surface area (Å²) in [6, 6.07) is 19.7. The molecule has 0 aliphatic carbocycles. The van der Waals surface area contributed by atoms with Gasteiger partial charge < -0.3 is 10.6 Å². The van der Waals surface area contributed by atoms with Gasteiger partial charge in [0.2, 0.25) is 5.91 Å². The van der Waals surface area contributed by atoms with Crippen LogP contribution in [0, 0.1) is 0 Å². The minimum absolute atomic E-state index is 0.317. The molecule has 3 rings (SSSR count). The summed E-state index contributed by atoms with van der Waals surface area (Å²) in [5.74, 6) is -0.973. The van der Waals surface area contributed by atoms with E-state index in [2.05, 4.69) is 4.98 Å². The highest BCUT2D eigenvalue weighted by molar-refractivity contribution is 6.30. The van der Waals surface area contributed by atoms with Crippen molar-refractivity contribution in [2.75, 3.05) is 0 Å². The summed E-state index contributed by atoms with van der Waals surface area (Å²) >= 11 is 6.14. The molecule has 2 atom stereocenters. The first-order valence-electron chi connectivity index (χ1n) is 8.82. The number of carbonyl (C=O) groups is 2. The molecule has 0 spiro atoms. The quantitative estimate of drug-likeness (QED) is 0.683. The number of carbonyl (C=O) groups excluding carboxylic acids is 2. The Morgan fingerprint density at radius 1 is 1.00 bits per heavy atom. The molecule has 2 amide bonds. The first kappa shape index (κ1) is 19.6. The number of hydrogen-bond acceptors (Lipinski definition) is 3. The van der Waals surface area contributed by atoms with E-state index >= 15 is 0 Å². The molecule has 0 aliphatic rings. The van der Waals surface area contributed by atoms with Crippen LogP contribution in [0.4, 0.5) is 0 Å². The normalized spacial score (nSPS) is 12.8. The van der Waals surface area contributed by atoms with Gasteiger partial charge in [0.25, 0.3) is 5.91 Å². The summed E-state index contributed by atoms with van der Waals surface area (Å²) in [6.07, 6.45) is 1.57. The van der Waals surface area contributed by atoms with Crippen LogP contribution in [-0.4, -0.2) is 21.7 Å². The van der Waals surface area contributed by atoms with E-state index in [9.17, 15) is 9.59 Å². The Morgan fingerprint density at radius 3 is 2.32 bits per heavy atom. The van der Waals surface area contributed by atoms with E-state index in [0.717, 1.165) is 5.56 Å². The average molecular weight is 394 g/mol. The standard InChI is InChI=1S/C22H20ClN3O2/c1-15(17-10-7-11-18(23)14-17)26(22(28)16-8-3-2-4-9-16)20(21(24)27)19-12-5-6-13-25-19/h2-15,20H,1H3,(H2,24,27)/t15-,20+/m1/s1. The number of nitrogens with zero attached hydrogens (tertiary/aromatic N) is 2. The summed E-state index contributed by atoms with van der Waals surface area (Å²) in [5.41, 5.74) is 7.39. The molecule has 0 radical (unpaired) electrons. The van der Waals surface area contributed by atoms with E-state index in [-0.39, 0.29) is 5.91 Å². The molecule has 1 aromatic heterocycles. The second kappa shape index (κ2) is 8.67. The average Bonchev–Trinajstić information content (AvgIpc) is 2.72. The van der Waals surface area contributed by atoms with Crippen molar-refractivity contribution in [3.05, 3.63) is 101 Å². The van der Waals surface area contributed by atoms with Crippen LogP contribution < -0.4 is 5.73 Å². The van der Waals surface area contributed by atoms with Gasteiger partial charge in [-0.15, -0.1) is 0 Å². The van der Waals surface area contributed by atoms with Crippen LogP contribution in [0.2, 0.25) is 5.02 Å². The Morgan fingerprint density at radius 2 is 1.71 bits per heavy atom. The fraction of sp³-hybridized carbons (Fsp3) is 0.136. The van der Waals surface area contributed by atoms with Crippen molar-refractivity contribution in [3.63, 3.8) is 0 Å². The summed E-state index contributed by atoms with van der Waals surface area (Å²) in [7, 11) is 0. The molecule has 1 heterocycles. The number of benzene rings is 2. The Kier molecular flexibility index (Phi) is 6.06. The van der Waals surface area contributed by atoms with Crippen molar-refractivity contribution in [2.45, 2.75) is 19.0 Å². The van der Waals surface area contributed by atoms with Crippen LogP contribution >= 0.6 is 11.6 Å². The fourth-order valence-corrected chi connectivity index (χ4v) is 3.34. The minimum Gasteiger partial charge on any atom is -0.368 e. The van der Waals surface area contributed by atoms with E-state index < -0.39 is 18.0 Å². The first-order valence-corrected chi connectivity index (χ1v) is 9.20. The summed E-state index contributed by atoms with van der Waals surface area (Å²) < 4.78 is 0. The number of amides is 2. The molecule has 3 aromatic rings. The van der Waals surface area contributed by atoms with E-state index in [1.807, 2.05) is 19.1 Å². The Labute approximate surface area is 168 Å². The number of pyridine rings is 1. The van der Waals surface area contributed by atoms with Crippen LogP contribution in [0.3, 0.4) is 0 Å². The molecule has 2 aromatic carbocycles. The van der Waals surface area contributed by atoms with Gasteiger partial charge >= 0.3 is 0 Å². The number of halogens is 1. The van der Waals surface area contributed by atoms with Crippen molar-refractivity contribution in [2.24, 2.45) is 5.73 Å². The monoisotopic (exact) mass is 393 g/mol. The highest BCUT2D eigenvalue weighted by atomic mass is 35.5. The highest BCUT2D eigenvalue weighted by Gasteiger charge is 2.35. The van der Waals surface area contributed by atoms with Gasteiger partial charge in [-0.25, -0.2) is 0 Å². The Balaban J connectivity index is 2.12. The van der Waals surface area contributed by atoms with Gasteiger partial charge in [0, 0.05) is 16.8 Å². The number of hydrogen-bond donors (Lipinski definition) is 1. The van der Waals surface area contributed by atoms with Crippen LogP contribution in [0.5, 0.6) is 0 Å². The van der Waals surface area contributed by atoms with Crippen molar-refractivity contribution in [1.29, 1.82) is 0 Å². The lowest BCUT2D eigenvalue weighted by Crippen LogP contribution is -2.43. The first-order chi connectivity index (χ1) is 13.5. The van der Waals surface area contributed by atoms with Crippen LogP contribution in [-0.2, 0) is 4.79 Å². The minimum atomic E-state index is -1.03. The Hall–Kier alpha value is -3.18. The molecular formula is C22H20ClN3O2. The molecule has 6 heteroatoms. The van der Waals surface area contributed by atoms with Gasteiger partial charge in [-0.1, -0.05) is 48.0 Å². The molecule has 28 heavy (non-hydrogen) atoms. The molecule has 0 fully saturated rings. The van der Waals surface area contributed by atoms with E-state index in [4.69, 9.17) is 17.3 Å². The SMILES string of the molecule is C[C@H](c1cccc(Cl)c1)N(C(=O)c1ccccc1)[C@H](C(N)=O)c1ccccn1. The number of primary amides is 1. The van der Waals surface area contributed by atoms with E-state index in [1.54, 1.807) is 66.9 Å². The van der Waals surface area contributed by atoms with Gasteiger partial charge in [0.05, 0.1) is 11.7 Å². The largest absolute Gasteiger partial charge is 0.368 e. The number of rotatable bonds is 6. The molecule has 0 unspecified atom stereocenters. The molecule has 0 saturated heterocycles. The second-order valence-electron chi connectivity index (χ2n) is 6.37. The Bertz CT molecular complexity index is 964. The predicted octanol–water partition coefficient (Wildman–Crippen LogP) is 4.17. The lowest BCUT2D eigenvalue weighted by molar-refractivity contribution is -0.123. The van der Waals surface area contributed by atoms with Crippen molar-refractivity contribution < 1.29 is 9.59 Å². The zero-order valence-corrected chi connectivity index (χ0v) is 16.1. The highest BCUT2D eigenvalue weighted by Crippen LogP contribution is 2.32. The molecule has 142 valence electrons. The van der Waals surface area contributed by atoms with Gasteiger partial charge in [-0.05, 0) is 48.9 Å². The van der Waals surface area contributed by atoms with Gasteiger partial charge in [-0.2, -0.15) is 0 Å². The summed E-state index contributed by atoms with van der Waals surface area (Å²) in [4.78, 5) is 31.6. The second-order valence-corrected chi connectivity index (χ2v) is 6.81. The van der Waals surface area contributed by atoms with Gasteiger partial charge in [-0.3, -0.25) is 14.6 Å². The van der Waals surface area contributed by atoms with E-state index in [1.165, 1.54) is 4.90 Å². The maximum Gasteiger partial charge on any atom is 0.255 e. The van der Waals surface area contributed by atoms with Crippen LogP contribution in [0.15, 0.2) is 79.0 Å². The summed E-state index contributed by atoms with van der Waals surface area (Å²) in [5, 5.41) is 0.546. The lowest BCUT2D eigenvalue weighted by Gasteiger charge is -2.35. The third-order valence-electron chi connectivity index (χ3n) is 4.52. The molecule has 0 aliphatic heterocycles. The molecular weight excluding hydrogens is 374 g/mol. The molecule has 5 nitrogen and oxygen atoms in total. The topological polar surface area (TPSA) is 76.3 Å². The fourth-order valence-electron chi connectivity index (χ4n) is 3.14. The predicted molar refractivity (Wildman–Crippen MR) is 109 cm³/mol. The third kappa shape index (κ3) is 4.21. The molecule has 2 N–H and O–H groups in total. The van der Waals surface area contributed by atoms with Crippen molar-refractivity contribution in [1.82, 2.24) is 9.88 Å². The van der Waals surface area contributed by atoms with Crippen molar-refractivity contribution >= 4 is 23.4 Å². The summed E-state index contributed by atoms with van der Waals surface area (Å²) in [6.45, 7) is 1.84. The smallest absolute Gasteiger partial charge is 0.255 e. The van der Waals surface area contributed by atoms with Crippen LogP contribution in [0.1, 0.15) is 40.6 Å². The van der Waals surface area contributed by atoms with Gasteiger partial charge in [0.15, 0.2) is 6.04 Å². The maximum absolute atomic E-state index is 13.4. The molecule has 0 saturated carbocycles. The lowest BCUT2D eigenvalue weighted by atomic mass is 10.0. The van der Waals surface area contributed by atoms with Crippen LogP contribution in [0.25, 0.3) is 0 Å². The van der Waals surface area contributed by atoms with Gasteiger partial charge in [0.1, 0.15) is 0 Å². The zero-order valence-electron chi connectivity index (χ0n) is 15.3. The maximum atomic E-state index is 13.4. The molecule has 0 bridgehead atoms. The van der Waals surface area contributed by atoms with E-state index in [0.29, 0.717) is 16.3 Å². The zero-order chi connectivity index (χ0) is 20.1. The van der Waals surface area contributed by atoms with Crippen molar-refractivity contribution in [3.8, 4) is 0 Å².